The second kappa shape index (κ2) is 8.86. The first-order valence-electron chi connectivity index (χ1n) is 10.0. The second-order valence-corrected chi connectivity index (χ2v) is 8.26. The van der Waals surface area contributed by atoms with Crippen LogP contribution in [-0.4, -0.2) is 5.71 Å². The molecule has 0 radical (unpaired) electrons. The fourth-order valence-corrected chi connectivity index (χ4v) is 4.29. The highest BCUT2D eigenvalue weighted by molar-refractivity contribution is 9.10. The van der Waals surface area contributed by atoms with Crippen LogP contribution in [0.2, 0.25) is 0 Å². The zero-order valence-corrected chi connectivity index (χ0v) is 18.7. The van der Waals surface area contributed by atoms with Gasteiger partial charge in [-0.05, 0) is 51.7 Å². The summed E-state index contributed by atoms with van der Waals surface area (Å²) in [5, 5.41) is 11.9. The van der Waals surface area contributed by atoms with E-state index >= 15 is 0 Å². The Bertz CT molecular complexity index is 1100. The average Bonchev–Trinajstić information content (AvgIpc) is 2.81. The number of anilines is 1. The number of hydrogen-bond donors (Lipinski definition) is 2. The molecule has 0 saturated heterocycles. The van der Waals surface area contributed by atoms with Gasteiger partial charge in [-0.3, -0.25) is 0 Å². The lowest BCUT2D eigenvalue weighted by atomic mass is 9.76. The Morgan fingerprint density at radius 3 is 1.58 bits per heavy atom. The maximum Gasteiger partial charge on any atom is 0.139 e. The summed E-state index contributed by atoms with van der Waals surface area (Å²) in [6.45, 7) is 1.71. The van der Waals surface area contributed by atoms with E-state index < -0.39 is 5.54 Å². The highest BCUT2D eigenvalue weighted by atomic mass is 79.9. The topological polar surface area (TPSA) is 35.9 Å². The van der Waals surface area contributed by atoms with Gasteiger partial charge in [0, 0.05) is 17.0 Å². The SMILES string of the molecule is CC(=N)c1cc(Br)c(F)cc1NC(c1ccccc1)(c1ccccc1)c1ccccc1. The minimum atomic E-state index is -0.783. The van der Waals surface area contributed by atoms with Crippen LogP contribution >= 0.6 is 15.9 Å². The molecular weight excluding hydrogens is 451 g/mol. The second-order valence-electron chi connectivity index (χ2n) is 7.41. The molecule has 154 valence electrons. The van der Waals surface area contributed by atoms with E-state index in [1.807, 2.05) is 54.6 Å². The van der Waals surface area contributed by atoms with E-state index in [9.17, 15) is 4.39 Å². The van der Waals surface area contributed by atoms with E-state index in [4.69, 9.17) is 5.41 Å². The minimum Gasteiger partial charge on any atom is -0.367 e. The Labute approximate surface area is 190 Å². The molecule has 2 N–H and O–H groups in total. The van der Waals surface area contributed by atoms with Gasteiger partial charge in [-0.25, -0.2) is 4.39 Å². The van der Waals surface area contributed by atoms with Gasteiger partial charge in [0.25, 0.3) is 0 Å². The summed E-state index contributed by atoms with van der Waals surface area (Å²) >= 11 is 3.26. The summed E-state index contributed by atoms with van der Waals surface area (Å²) in [5.74, 6) is -0.379. The monoisotopic (exact) mass is 472 g/mol. The molecule has 0 amide bonds. The van der Waals surface area contributed by atoms with Crippen molar-refractivity contribution in [2.24, 2.45) is 0 Å². The van der Waals surface area contributed by atoms with Gasteiger partial charge in [-0.2, -0.15) is 0 Å². The van der Waals surface area contributed by atoms with Gasteiger partial charge in [0.1, 0.15) is 11.4 Å². The van der Waals surface area contributed by atoms with Crippen molar-refractivity contribution in [2.45, 2.75) is 12.5 Å². The van der Waals surface area contributed by atoms with Crippen LogP contribution in [-0.2, 0) is 5.54 Å². The Morgan fingerprint density at radius 1 is 0.774 bits per heavy atom. The highest BCUT2D eigenvalue weighted by Gasteiger charge is 2.37. The Kier molecular flexibility index (Phi) is 6.01. The van der Waals surface area contributed by atoms with Crippen LogP contribution in [0.15, 0.2) is 108 Å². The van der Waals surface area contributed by atoms with Crippen LogP contribution < -0.4 is 5.32 Å². The summed E-state index contributed by atoms with van der Waals surface area (Å²) in [7, 11) is 0. The fourth-order valence-electron chi connectivity index (χ4n) is 3.94. The third-order valence-electron chi connectivity index (χ3n) is 5.41. The van der Waals surface area contributed by atoms with Gasteiger partial charge in [-0.1, -0.05) is 91.0 Å². The zero-order chi connectivity index (χ0) is 21.8. The molecule has 0 saturated carbocycles. The summed E-state index contributed by atoms with van der Waals surface area (Å²) in [5.41, 5.74) is 3.82. The molecule has 0 atom stereocenters. The quantitative estimate of drug-likeness (QED) is 0.223. The molecule has 0 spiro atoms. The molecule has 0 aliphatic heterocycles. The molecule has 0 unspecified atom stereocenters. The van der Waals surface area contributed by atoms with Crippen molar-refractivity contribution in [3.05, 3.63) is 136 Å². The molecule has 0 fully saturated rings. The van der Waals surface area contributed by atoms with E-state index in [2.05, 4.69) is 57.6 Å². The van der Waals surface area contributed by atoms with Crippen LogP contribution in [0.4, 0.5) is 10.1 Å². The minimum absolute atomic E-state index is 0.337. The van der Waals surface area contributed by atoms with Gasteiger partial charge in [0.05, 0.1) is 4.47 Å². The summed E-state index contributed by atoms with van der Waals surface area (Å²) in [6, 6.07) is 33.5. The Morgan fingerprint density at radius 2 is 1.19 bits per heavy atom. The standard InChI is InChI=1S/C27H22BrFN2/c1-19(30)23-17-24(28)25(29)18-26(23)31-27(20-11-5-2-6-12-20,21-13-7-3-8-14-21)22-15-9-4-10-16-22/h2-18,30-31H,1H3. The maximum atomic E-state index is 14.6. The first-order chi connectivity index (χ1) is 15.0. The zero-order valence-electron chi connectivity index (χ0n) is 17.1. The lowest BCUT2D eigenvalue weighted by Gasteiger charge is -2.38. The maximum absolute atomic E-state index is 14.6. The van der Waals surface area contributed by atoms with Gasteiger partial charge in [-0.15, -0.1) is 0 Å². The molecule has 4 aromatic rings. The van der Waals surface area contributed by atoms with Gasteiger partial charge < -0.3 is 10.7 Å². The van der Waals surface area contributed by atoms with Crippen LogP contribution in [0, 0.1) is 11.2 Å². The van der Waals surface area contributed by atoms with Crippen molar-refractivity contribution < 1.29 is 4.39 Å². The van der Waals surface area contributed by atoms with Crippen molar-refractivity contribution >= 4 is 27.3 Å². The molecule has 2 nitrogen and oxygen atoms in total. The smallest absolute Gasteiger partial charge is 0.139 e. The van der Waals surface area contributed by atoms with E-state index in [-0.39, 0.29) is 5.82 Å². The molecule has 31 heavy (non-hydrogen) atoms. The van der Waals surface area contributed by atoms with Crippen LogP contribution in [0.1, 0.15) is 29.2 Å². The van der Waals surface area contributed by atoms with Crippen LogP contribution in [0.5, 0.6) is 0 Å². The predicted octanol–water partition coefficient (Wildman–Crippen LogP) is 7.38. The van der Waals surface area contributed by atoms with Gasteiger partial charge >= 0.3 is 0 Å². The molecule has 0 aliphatic carbocycles. The molecule has 4 rings (SSSR count). The number of hydrogen-bond acceptors (Lipinski definition) is 2. The average molecular weight is 473 g/mol. The van der Waals surface area contributed by atoms with Gasteiger partial charge in [0.2, 0.25) is 0 Å². The largest absolute Gasteiger partial charge is 0.367 e. The lowest BCUT2D eigenvalue weighted by Crippen LogP contribution is -2.38. The summed E-state index contributed by atoms with van der Waals surface area (Å²) in [4.78, 5) is 0. The van der Waals surface area contributed by atoms with Crippen LogP contribution in [0.3, 0.4) is 0 Å². The van der Waals surface area contributed by atoms with Crippen molar-refractivity contribution in [3.8, 4) is 0 Å². The van der Waals surface area contributed by atoms with Gasteiger partial charge in [0.15, 0.2) is 0 Å². The Balaban J connectivity index is 2.05. The van der Waals surface area contributed by atoms with Crippen molar-refractivity contribution in [3.63, 3.8) is 0 Å². The number of rotatable bonds is 6. The highest BCUT2D eigenvalue weighted by Crippen LogP contribution is 2.41. The summed E-state index contributed by atoms with van der Waals surface area (Å²) < 4.78 is 15.0. The van der Waals surface area contributed by atoms with Crippen molar-refractivity contribution in [1.29, 1.82) is 5.41 Å². The van der Waals surface area contributed by atoms with E-state index in [1.165, 1.54) is 6.07 Å². The third kappa shape index (κ3) is 4.04. The summed E-state index contributed by atoms with van der Waals surface area (Å²) in [6.07, 6.45) is 0. The first kappa shape index (κ1) is 21.0. The Hall–Kier alpha value is -3.24. The molecule has 0 heterocycles. The fraction of sp³-hybridized carbons (Fsp3) is 0.0741. The number of benzene rings is 4. The number of halogens is 2. The van der Waals surface area contributed by atoms with Crippen molar-refractivity contribution in [2.75, 3.05) is 5.32 Å². The normalized spacial score (nSPS) is 11.2. The predicted molar refractivity (Wildman–Crippen MR) is 129 cm³/mol. The van der Waals surface area contributed by atoms with E-state index in [0.717, 1.165) is 16.7 Å². The first-order valence-corrected chi connectivity index (χ1v) is 10.8. The lowest BCUT2D eigenvalue weighted by molar-refractivity contribution is 0.620. The molecule has 0 bridgehead atoms. The molecule has 4 aromatic carbocycles. The molecular formula is C27H22BrFN2. The van der Waals surface area contributed by atoms with Crippen molar-refractivity contribution in [1.82, 2.24) is 0 Å². The number of nitrogens with one attached hydrogen (secondary N) is 2. The van der Waals surface area contributed by atoms with E-state index in [1.54, 1.807) is 13.0 Å². The van der Waals surface area contributed by atoms with Crippen LogP contribution in [0.25, 0.3) is 0 Å². The molecule has 4 heteroatoms. The molecule has 0 aromatic heterocycles. The molecule has 0 aliphatic rings. The third-order valence-corrected chi connectivity index (χ3v) is 6.01. The van der Waals surface area contributed by atoms with E-state index in [0.29, 0.717) is 21.4 Å².